The minimum absolute atomic E-state index is 0.0897. The molecule has 0 aromatic heterocycles. The third-order valence-electron chi connectivity index (χ3n) is 6.42. The Hall–Kier alpha value is -3.36. The Kier molecular flexibility index (Phi) is 8.61. The number of piperidine rings is 1. The van der Waals surface area contributed by atoms with E-state index in [0.717, 1.165) is 29.5 Å². The molecule has 1 heterocycles. The second-order valence-corrected chi connectivity index (χ2v) is 10.8. The van der Waals surface area contributed by atoms with E-state index >= 15 is 0 Å². The van der Waals surface area contributed by atoms with Crippen LogP contribution < -0.4 is 14.4 Å². The summed E-state index contributed by atoms with van der Waals surface area (Å²) in [6, 6.07) is 22.9. The Morgan fingerprint density at radius 1 is 0.889 bits per heavy atom. The van der Waals surface area contributed by atoms with Crippen molar-refractivity contribution in [1.82, 2.24) is 10.2 Å². The summed E-state index contributed by atoms with van der Waals surface area (Å²) < 4.78 is 33.3. The van der Waals surface area contributed by atoms with Crippen molar-refractivity contribution >= 4 is 21.6 Å². The van der Waals surface area contributed by atoms with Gasteiger partial charge in [0.1, 0.15) is 12.3 Å². The molecule has 1 fully saturated rings. The number of nitrogens with one attached hydrogen (secondary N) is 1. The predicted octanol–water partition coefficient (Wildman–Crippen LogP) is 4.19. The number of sulfonamides is 1. The molecule has 1 amide bonds. The Morgan fingerprint density at radius 3 is 2.19 bits per heavy atom. The van der Waals surface area contributed by atoms with Gasteiger partial charge in [0.2, 0.25) is 5.91 Å². The van der Waals surface area contributed by atoms with Gasteiger partial charge in [0.05, 0.1) is 17.7 Å². The minimum Gasteiger partial charge on any atom is -0.497 e. The van der Waals surface area contributed by atoms with Gasteiger partial charge in [-0.2, -0.15) is 0 Å². The number of amides is 1. The van der Waals surface area contributed by atoms with Crippen molar-refractivity contribution in [2.75, 3.05) is 31.0 Å². The van der Waals surface area contributed by atoms with Gasteiger partial charge in [0.25, 0.3) is 10.0 Å². The summed E-state index contributed by atoms with van der Waals surface area (Å²) in [5.74, 6) is 0.185. The smallest absolute Gasteiger partial charge is 0.264 e. The SMILES string of the molecule is COc1ccc(S(=O)(=O)N(CC(=O)NCc2ccccc2CN2CCCCC2)c2ccccc2)cc1. The maximum atomic E-state index is 13.5. The maximum absolute atomic E-state index is 13.5. The Balaban J connectivity index is 1.48. The van der Waals surface area contributed by atoms with Gasteiger partial charge < -0.3 is 10.1 Å². The average molecular weight is 508 g/mol. The molecule has 1 aliphatic rings. The third kappa shape index (κ3) is 6.44. The van der Waals surface area contributed by atoms with Gasteiger partial charge in [0.15, 0.2) is 0 Å². The number of ether oxygens (including phenoxy) is 1. The third-order valence-corrected chi connectivity index (χ3v) is 8.20. The maximum Gasteiger partial charge on any atom is 0.264 e. The fourth-order valence-electron chi connectivity index (χ4n) is 4.41. The van der Waals surface area contributed by atoms with Crippen molar-refractivity contribution < 1.29 is 17.9 Å². The van der Waals surface area contributed by atoms with Crippen LogP contribution in [-0.2, 0) is 27.9 Å². The number of rotatable bonds is 10. The summed E-state index contributed by atoms with van der Waals surface area (Å²) in [4.78, 5) is 15.6. The summed E-state index contributed by atoms with van der Waals surface area (Å²) in [7, 11) is -2.45. The van der Waals surface area contributed by atoms with Gasteiger partial charge in [-0.15, -0.1) is 0 Å². The van der Waals surface area contributed by atoms with Gasteiger partial charge >= 0.3 is 0 Å². The standard InChI is InChI=1S/C28H33N3O4S/c1-35-26-14-16-27(17-15-26)36(33,34)31(25-12-4-2-5-13-25)22-28(32)29-20-23-10-6-7-11-24(23)21-30-18-8-3-9-19-30/h2,4-7,10-17H,3,8-9,18-22H2,1H3,(H,29,32). The Morgan fingerprint density at radius 2 is 1.53 bits per heavy atom. The second kappa shape index (κ2) is 12.1. The molecular weight excluding hydrogens is 474 g/mol. The number of anilines is 1. The zero-order valence-corrected chi connectivity index (χ0v) is 21.4. The first-order valence-electron chi connectivity index (χ1n) is 12.2. The lowest BCUT2D eigenvalue weighted by atomic mass is 10.0. The van der Waals surface area contributed by atoms with E-state index < -0.39 is 10.0 Å². The molecule has 0 unspecified atom stereocenters. The molecule has 0 saturated carbocycles. The number of likely N-dealkylation sites (tertiary alicyclic amines) is 1. The average Bonchev–Trinajstić information content (AvgIpc) is 2.92. The highest BCUT2D eigenvalue weighted by Gasteiger charge is 2.27. The number of benzene rings is 3. The fourth-order valence-corrected chi connectivity index (χ4v) is 5.83. The molecule has 1 saturated heterocycles. The van der Waals surface area contributed by atoms with E-state index in [0.29, 0.717) is 18.0 Å². The number of methoxy groups -OCH3 is 1. The lowest BCUT2D eigenvalue weighted by Crippen LogP contribution is -2.40. The summed E-state index contributed by atoms with van der Waals surface area (Å²) in [5.41, 5.74) is 2.65. The van der Waals surface area contributed by atoms with Gasteiger partial charge in [-0.3, -0.25) is 14.0 Å². The molecule has 0 bridgehead atoms. The van der Waals surface area contributed by atoms with Crippen molar-refractivity contribution in [3.63, 3.8) is 0 Å². The zero-order valence-electron chi connectivity index (χ0n) is 20.6. The molecule has 36 heavy (non-hydrogen) atoms. The molecule has 1 aliphatic heterocycles. The number of carbonyl (C=O) groups excluding carboxylic acids is 1. The van der Waals surface area contributed by atoms with Crippen LogP contribution in [0.4, 0.5) is 5.69 Å². The number of nitrogens with zero attached hydrogens (tertiary/aromatic N) is 2. The van der Waals surface area contributed by atoms with E-state index in [-0.39, 0.29) is 17.3 Å². The monoisotopic (exact) mass is 507 g/mol. The van der Waals surface area contributed by atoms with E-state index in [1.807, 2.05) is 18.2 Å². The molecule has 3 aromatic carbocycles. The molecule has 0 atom stereocenters. The highest BCUT2D eigenvalue weighted by molar-refractivity contribution is 7.92. The van der Waals surface area contributed by atoms with Crippen LogP contribution in [0.15, 0.2) is 83.8 Å². The topological polar surface area (TPSA) is 79.0 Å². The molecule has 4 rings (SSSR count). The lowest BCUT2D eigenvalue weighted by Gasteiger charge is -2.27. The first-order chi connectivity index (χ1) is 17.5. The van der Waals surface area contributed by atoms with E-state index in [4.69, 9.17) is 4.74 Å². The lowest BCUT2D eigenvalue weighted by molar-refractivity contribution is -0.119. The van der Waals surface area contributed by atoms with Crippen LogP contribution >= 0.6 is 0 Å². The molecule has 7 nitrogen and oxygen atoms in total. The van der Waals surface area contributed by atoms with Crippen LogP contribution in [0, 0.1) is 0 Å². The highest BCUT2D eigenvalue weighted by atomic mass is 32.2. The fraction of sp³-hybridized carbons (Fsp3) is 0.321. The first kappa shape index (κ1) is 25.7. The van der Waals surface area contributed by atoms with Crippen LogP contribution in [0.2, 0.25) is 0 Å². The Labute approximate surface area is 213 Å². The summed E-state index contributed by atoms with van der Waals surface area (Å²) in [6.45, 7) is 3.06. The van der Waals surface area contributed by atoms with Crippen molar-refractivity contribution in [3.05, 3.63) is 90.0 Å². The number of hydrogen-bond donors (Lipinski definition) is 1. The molecule has 0 radical (unpaired) electrons. The largest absolute Gasteiger partial charge is 0.497 e. The van der Waals surface area contributed by atoms with Crippen molar-refractivity contribution in [3.8, 4) is 5.75 Å². The summed E-state index contributed by atoms with van der Waals surface area (Å²) in [6.07, 6.45) is 3.72. The second-order valence-electron chi connectivity index (χ2n) is 8.91. The summed E-state index contributed by atoms with van der Waals surface area (Å²) >= 11 is 0. The van der Waals surface area contributed by atoms with Crippen LogP contribution in [0.1, 0.15) is 30.4 Å². The van der Waals surface area contributed by atoms with Crippen LogP contribution in [0.5, 0.6) is 5.75 Å². The molecular formula is C28H33N3O4S. The normalized spacial score (nSPS) is 14.2. The summed E-state index contributed by atoms with van der Waals surface area (Å²) in [5, 5.41) is 2.94. The van der Waals surface area contributed by atoms with Gasteiger partial charge in [0, 0.05) is 13.1 Å². The van der Waals surface area contributed by atoms with E-state index in [1.54, 1.807) is 42.5 Å². The quantitative estimate of drug-likeness (QED) is 0.445. The predicted molar refractivity (Wildman–Crippen MR) is 141 cm³/mol. The van der Waals surface area contributed by atoms with E-state index in [9.17, 15) is 13.2 Å². The Bertz CT molecular complexity index is 1240. The van der Waals surface area contributed by atoms with Crippen molar-refractivity contribution in [2.45, 2.75) is 37.2 Å². The van der Waals surface area contributed by atoms with Crippen LogP contribution in [0.3, 0.4) is 0 Å². The van der Waals surface area contributed by atoms with Crippen molar-refractivity contribution in [2.24, 2.45) is 0 Å². The first-order valence-corrected chi connectivity index (χ1v) is 13.7. The molecule has 190 valence electrons. The molecule has 0 spiro atoms. The molecule has 1 N–H and O–H groups in total. The number of hydrogen-bond acceptors (Lipinski definition) is 5. The van der Waals surface area contributed by atoms with Crippen molar-refractivity contribution in [1.29, 1.82) is 0 Å². The number of carbonyl (C=O) groups is 1. The highest BCUT2D eigenvalue weighted by Crippen LogP contribution is 2.25. The van der Waals surface area contributed by atoms with Gasteiger partial charge in [-0.05, 0) is 73.5 Å². The van der Waals surface area contributed by atoms with Crippen LogP contribution in [-0.4, -0.2) is 46.0 Å². The zero-order chi connectivity index (χ0) is 25.4. The molecule has 3 aromatic rings. The molecule has 8 heteroatoms. The van der Waals surface area contributed by atoms with E-state index in [2.05, 4.69) is 16.3 Å². The molecule has 0 aliphatic carbocycles. The van der Waals surface area contributed by atoms with Gasteiger partial charge in [-0.1, -0.05) is 48.9 Å². The van der Waals surface area contributed by atoms with E-state index in [1.165, 1.54) is 44.1 Å². The van der Waals surface area contributed by atoms with Crippen LogP contribution in [0.25, 0.3) is 0 Å². The van der Waals surface area contributed by atoms with Gasteiger partial charge in [-0.25, -0.2) is 8.42 Å². The number of para-hydroxylation sites is 1. The minimum atomic E-state index is -3.97.